The van der Waals surface area contributed by atoms with E-state index in [-0.39, 0.29) is 0 Å². The standard InChI is InChI=1S/C14H10Br2N2/c15-11-2-4-14-10(7-11)5-6-18(14)9-13-3-1-12(16)8-17-13/h1-8H,9H2. The molecule has 0 aliphatic rings. The molecule has 0 amide bonds. The molecule has 0 atom stereocenters. The Morgan fingerprint density at radius 1 is 1.00 bits per heavy atom. The molecule has 18 heavy (non-hydrogen) atoms. The summed E-state index contributed by atoms with van der Waals surface area (Å²) in [6.07, 6.45) is 3.93. The molecule has 90 valence electrons. The van der Waals surface area contributed by atoms with Gasteiger partial charge >= 0.3 is 0 Å². The van der Waals surface area contributed by atoms with E-state index in [9.17, 15) is 0 Å². The third-order valence-electron chi connectivity index (χ3n) is 2.85. The Labute approximate surface area is 122 Å². The van der Waals surface area contributed by atoms with E-state index in [2.05, 4.69) is 71.9 Å². The molecule has 2 aromatic heterocycles. The summed E-state index contributed by atoms with van der Waals surface area (Å²) in [5.74, 6) is 0. The quantitative estimate of drug-likeness (QED) is 0.648. The summed E-state index contributed by atoms with van der Waals surface area (Å²) in [6, 6.07) is 12.5. The number of aromatic nitrogens is 2. The van der Waals surface area contributed by atoms with Crippen molar-refractivity contribution < 1.29 is 0 Å². The van der Waals surface area contributed by atoms with Crippen LogP contribution in [-0.2, 0) is 6.54 Å². The van der Waals surface area contributed by atoms with Crippen LogP contribution in [0.3, 0.4) is 0 Å². The second-order valence-electron chi connectivity index (χ2n) is 4.11. The molecule has 0 saturated carbocycles. The van der Waals surface area contributed by atoms with Gasteiger partial charge in [0, 0.05) is 32.2 Å². The topological polar surface area (TPSA) is 17.8 Å². The second-order valence-corrected chi connectivity index (χ2v) is 5.95. The SMILES string of the molecule is Brc1ccc(Cn2ccc3cc(Br)ccc32)nc1. The van der Waals surface area contributed by atoms with Gasteiger partial charge in [0.2, 0.25) is 0 Å². The molecule has 0 radical (unpaired) electrons. The number of nitrogens with zero attached hydrogens (tertiary/aromatic N) is 2. The lowest BCUT2D eigenvalue weighted by molar-refractivity contribution is 0.807. The number of rotatable bonds is 2. The van der Waals surface area contributed by atoms with Crippen molar-refractivity contribution in [2.45, 2.75) is 6.54 Å². The molecule has 0 fully saturated rings. The molecular formula is C14H10Br2N2. The zero-order chi connectivity index (χ0) is 12.5. The van der Waals surface area contributed by atoms with Crippen molar-refractivity contribution in [1.29, 1.82) is 0 Å². The molecular weight excluding hydrogens is 356 g/mol. The first kappa shape index (κ1) is 11.9. The van der Waals surface area contributed by atoms with Crippen molar-refractivity contribution in [3.05, 3.63) is 63.4 Å². The maximum absolute atomic E-state index is 4.40. The van der Waals surface area contributed by atoms with Crippen molar-refractivity contribution in [3.63, 3.8) is 0 Å². The van der Waals surface area contributed by atoms with Crippen LogP contribution in [0, 0.1) is 0 Å². The van der Waals surface area contributed by atoms with E-state index in [4.69, 9.17) is 0 Å². The van der Waals surface area contributed by atoms with Crippen LogP contribution in [0.5, 0.6) is 0 Å². The first-order valence-electron chi connectivity index (χ1n) is 5.57. The molecule has 1 aromatic carbocycles. The predicted molar refractivity (Wildman–Crippen MR) is 80.7 cm³/mol. The van der Waals surface area contributed by atoms with Gasteiger partial charge in [-0.25, -0.2) is 0 Å². The lowest BCUT2D eigenvalue weighted by Gasteiger charge is -2.05. The average Bonchev–Trinajstić information content (AvgIpc) is 2.74. The molecule has 3 aromatic rings. The number of halogens is 2. The van der Waals surface area contributed by atoms with Gasteiger partial charge in [0.1, 0.15) is 0 Å². The van der Waals surface area contributed by atoms with Crippen LogP contribution in [0.25, 0.3) is 10.9 Å². The van der Waals surface area contributed by atoms with Gasteiger partial charge in [0.15, 0.2) is 0 Å². The summed E-state index contributed by atoms with van der Waals surface area (Å²) >= 11 is 6.89. The summed E-state index contributed by atoms with van der Waals surface area (Å²) < 4.78 is 4.32. The highest BCUT2D eigenvalue weighted by molar-refractivity contribution is 9.10. The Kier molecular flexibility index (Phi) is 3.22. The van der Waals surface area contributed by atoms with Gasteiger partial charge in [-0.05, 0) is 52.3 Å². The highest BCUT2D eigenvalue weighted by atomic mass is 79.9. The molecule has 2 heterocycles. The summed E-state index contributed by atoms with van der Waals surface area (Å²) in [5, 5.41) is 1.24. The highest BCUT2D eigenvalue weighted by Crippen LogP contribution is 2.21. The van der Waals surface area contributed by atoms with E-state index in [0.717, 1.165) is 21.2 Å². The van der Waals surface area contributed by atoms with Crippen LogP contribution in [-0.4, -0.2) is 9.55 Å². The van der Waals surface area contributed by atoms with E-state index >= 15 is 0 Å². The van der Waals surface area contributed by atoms with Gasteiger partial charge in [-0.15, -0.1) is 0 Å². The van der Waals surface area contributed by atoms with Crippen LogP contribution < -0.4 is 0 Å². The average molecular weight is 366 g/mol. The van der Waals surface area contributed by atoms with E-state index in [1.807, 2.05) is 18.3 Å². The monoisotopic (exact) mass is 364 g/mol. The van der Waals surface area contributed by atoms with Crippen LogP contribution in [0.4, 0.5) is 0 Å². The maximum atomic E-state index is 4.40. The van der Waals surface area contributed by atoms with Gasteiger partial charge in [-0.1, -0.05) is 15.9 Å². The first-order valence-corrected chi connectivity index (χ1v) is 7.16. The second kappa shape index (κ2) is 4.86. The smallest absolute Gasteiger partial charge is 0.0648 e. The fourth-order valence-corrected chi connectivity index (χ4v) is 2.60. The van der Waals surface area contributed by atoms with Crippen molar-refractivity contribution in [3.8, 4) is 0 Å². The number of hydrogen-bond acceptors (Lipinski definition) is 1. The number of fused-ring (bicyclic) bond motifs is 1. The van der Waals surface area contributed by atoms with E-state index in [0.29, 0.717) is 0 Å². The molecule has 0 unspecified atom stereocenters. The first-order chi connectivity index (χ1) is 8.72. The minimum absolute atomic E-state index is 0.790. The molecule has 0 bridgehead atoms. The van der Waals surface area contributed by atoms with E-state index in [1.54, 1.807) is 0 Å². The Morgan fingerprint density at radius 3 is 2.61 bits per heavy atom. The summed E-state index contributed by atoms with van der Waals surface area (Å²) in [4.78, 5) is 4.40. The summed E-state index contributed by atoms with van der Waals surface area (Å²) in [6.45, 7) is 0.790. The van der Waals surface area contributed by atoms with Crippen molar-refractivity contribution in [2.24, 2.45) is 0 Å². The molecule has 3 rings (SSSR count). The minimum Gasteiger partial charge on any atom is -0.341 e. The minimum atomic E-state index is 0.790. The number of benzene rings is 1. The Hall–Kier alpha value is -1.13. The van der Waals surface area contributed by atoms with Crippen LogP contribution in [0.1, 0.15) is 5.69 Å². The van der Waals surface area contributed by atoms with Crippen LogP contribution in [0.2, 0.25) is 0 Å². The van der Waals surface area contributed by atoms with Gasteiger partial charge < -0.3 is 4.57 Å². The van der Waals surface area contributed by atoms with Crippen LogP contribution >= 0.6 is 31.9 Å². The molecule has 2 nitrogen and oxygen atoms in total. The maximum Gasteiger partial charge on any atom is 0.0648 e. The molecule has 4 heteroatoms. The molecule has 0 spiro atoms. The van der Waals surface area contributed by atoms with Gasteiger partial charge in [0.05, 0.1) is 12.2 Å². The number of pyridine rings is 1. The molecule has 0 N–H and O–H groups in total. The van der Waals surface area contributed by atoms with Gasteiger partial charge in [-0.2, -0.15) is 0 Å². The summed E-state index contributed by atoms with van der Waals surface area (Å²) in [7, 11) is 0. The fourth-order valence-electron chi connectivity index (χ4n) is 1.98. The third-order valence-corrected chi connectivity index (χ3v) is 3.82. The van der Waals surface area contributed by atoms with Gasteiger partial charge in [-0.3, -0.25) is 4.98 Å². The lowest BCUT2D eigenvalue weighted by atomic mass is 10.2. The van der Waals surface area contributed by atoms with E-state index in [1.165, 1.54) is 10.9 Å². The zero-order valence-electron chi connectivity index (χ0n) is 9.48. The molecule has 0 saturated heterocycles. The largest absolute Gasteiger partial charge is 0.341 e. The normalized spacial score (nSPS) is 11.0. The molecule has 0 aliphatic carbocycles. The fraction of sp³-hybridized carbons (Fsp3) is 0.0714. The predicted octanol–water partition coefficient (Wildman–Crippen LogP) is 4.61. The summed E-state index contributed by atoms with van der Waals surface area (Å²) in [5.41, 5.74) is 2.28. The zero-order valence-corrected chi connectivity index (χ0v) is 12.6. The van der Waals surface area contributed by atoms with Gasteiger partial charge in [0.25, 0.3) is 0 Å². The van der Waals surface area contributed by atoms with Crippen LogP contribution in [0.15, 0.2) is 57.7 Å². The Balaban J connectivity index is 1.97. The van der Waals surface area contributed by atoms with Crippen molar-refractivity contribution in [2.75, 3.05) is 0 Å². The Bertz CT molecular complexity index is 687. The van der Waals surface area contributed by atoms with Crippen molar-refractivity contribution in [1.82, 2.24) is 9.55 Å². The van der Waals surface area contributed by atoms with Crippen molar-refractivity contribution >= 4 is 42.8 Å². The Morgan fingerprint density at radius 2 is 1.83 bits per heavy atom. The lowest BCUT2D eigenvalue weighted by Crippen LogP contribution is -1.99. The highest BCUT2D eigenvalue weighted by Gasteiger charge is 2.03. The van der Waals surface area contributed by atoms with E-state index < -0.39 is 0 Å². The molecule has 0 aliphatic heterocycles. The third kappa shape index (κ3) is 2.35. The number of hydrogen-bond donors (Lipinski definition) is 0.